The summed E-state index contributed by atoms with van der Waals surface area (Å²) >= 11 is 7.59. The fraction of sp³-hybridized carbons (Fsp3) is 0.0476. The lowest BCUT2D eigenvalue weighted by Crippen LogP contribution is -2.32. The molecule has 4 aromatic rings. The average molecular weight is 439 g/mol. The molecule has 0 saturated carbocycles. The van der Waals surface area contributed by atoms with Crippen molar-refractivity contribution in [2.45, 2.75) is 0 Å². The summed E-state index contributed by atoms with van der Waals surface area (Å²) in [7, 11) is 0. The van der Waals surface area contributed by atoms with Gasteiger partial charge in [-0.3, -0.25) is 14.6 Å². The van der Waals surface area contributed by atoms with Gasteiger partial charge < -0.3 is 15.4 Å². The van der Waals surface area contributed by atoms with E-state index in [0.717, 1.165) is 10.1 Å². The molecule has 2 aromatic heterocycles. The molecule has 0 spiro atoms. The van der Waals surface area contributed by atoms with Gasteiger partial charge in [-0.05, 0) is 18.2 Å². The van der Waals surface area contributed by atoms with E-state index in [1.54, 1.807) is 30.5 Å². The second-order valence-electron chi connectivity index (χ2n) is 6.15. The normalized spacial score (nSPS) is 10.6. The molecular formula is C21H15ClN4O3S. The van der Waals surface area contributed by atoms with Crippen LogP contribution in [0.5, 0.6) is 11.6 Å². The minimum atomic E-state index is -0.393. The fourth-order valence-corrected chi connectivity index (χ4v) is 4.14. The number of anilines is 1. The monoisotopic (exact) mass is 438 g/mol. The molecule has 4 rings (SSSR count). The van der Waals surface area contributed by atoms with Crippen molar-refractivity contribution >= 4 is 50.5 Å². The van der Waals surface area contributed by atoms with E-state index < -0.39 is 5.91 Å². The lowest BCUT2D eigenvalue weighted by atomic mass is 10.2. The molecule has 0 aliphatic heterocycles. The number of fused-ring (bicyclic) bond motifs is 1. The molecule has 9 heteroatoms. The Labute approximate surface area is 180 Å². The number of benzene rings is 2. The molecule has 2 N–H and O–H groups in total. The summed E-state index contributed by atoms with van der Waals surface area (Å²) in [6.45, 7) is -0.196. The molecule has 0 atom stereocenters. The zero-order valence-electron chi connectivity index (χ0n) is 15.5. The first kappa shape index (κ1) is 19.8. The first-order valence-corrected chi connectivity index (χ1v) is 10.1. The zero-order chi connectivity index (χ0) is 20.9. The number of nitrogens with one attached hydrogen (secondary N) is 2. The van der Waals surface area contributed by atoms with Crippen LogP contribution in [0, 0.1) is 0 Å². The number of rotatable bonds is 6. The Bertz CT molecular complexity index is 1210. The van der Waals surface area contributed by atoms with Gasteiger partial charge in [0.2, 0.25) is 11.8 Å². The molecule has 0 fully saturated rings. The Kier molecular flexibility index (Phi) is 5.87. The molecule has 2 aromatic carbocycles. The molecule has 2 amide bonds. The van der Waals surface area contributed by atoms with Crippen molar-refractivity contribution in [3.05, 3.63) is 77.0 Å². The van der Waals surface area contributed by atoms with Crippen LogP contribution in [0.3, 0.4) is 0 Å². The summed E-state index contributed by atoms with van der Waals surface area (Å²) in [6, 6.07) is 14.3. The van der Waals surface area contributed by atoms with Crippen LogP contribution >= 0.6 is 22.9 Å². The first-order valence-electron chi connectivity index (χ1n) is 8.89. The number of ether oxygens (including phenoxy) is 1. The predicted octanol–water partition coefficient (Wildman–Crippen LogP) is 4.51. The van der Waals surface area contributed by atoms with Gasteiger partial charge in [-0.2, -0.15) is 0 Å². The van der Waals surface area contributed by atoms with Crippen molar-refractivity contribution in [3.8, 4) is 11.6 Å². The predicted molar refractivity (Wildman–Crippen MR) is 116 cm³/mol. The summed E-state index contributed by atoms with van der Waals surface area (Å²) in [5.41, 5.74) is 0.524. The van der Waals surface area contributed by atoms with Crippen LogP contribution in [0.4, 0.5) is 5.69 Å². The number of aromatic nitrogens is 2. The standard InChI is InChI=1S/C21H15ClN4O3S/c22-19-15-6-1-2-7-16(15)30-20(19)21(28)25-11-17(27)26-13-4-3-5-14(10-13)29-18-12-23-8-9-24-18/h1-10,12H,11H2,(H,25,28)(H,26,27). The quantitative estimate of drug-likeness (QED) is 0.462. The minimum absolute atomic E-state index is 0.196. The van der Waals surface area contributed by atoms with Crippen LogP contribution in [0.25, 0.3) is 10.1 Å². The molecule has 0 unspecified atom stereocenters. The average Bonchev–Trinajstić information content (AvgIpc) is 3.10. The van der Waals surface area contributed by atoms with E-state index in [-0.39, 0.29) is 12.5 Å². The van der Waals surface area contributed by atoms with E-state index >= 15 is 0 Å². The van der Waals surface area contributed by atoms with Gasteiger partial charge >= 0.3 is 0 Å². The van der Waals surface area contributed by atoms with E-state index in [1.165, 1.54) is 23.7 Å². The summed E-state index contributed by atoms with van der Waals surface area (Å²) in [6.07, 6.45) is 4.55. The lowest BCUT2D eigenvalue weighted by molar-refractivity contribution is -0.115. The zero-order valence-corrected chi connectivity index (χ0v) is 17.0. The van der Waals surface area contributed by atoms with Crippen LogP contribution in [-0.2, 0) is 4.79 Å². The van der Waals surface area contributed by atoms with Crippen molar-refractivity contribution in [3.63, 3.8) is 0 Å². The maximum absolute atomic E-state index is 12.5. The Balaban J connectivity index is 1.36. The second-order valence-corrected chi connectivity index (χ2v) is 7.58. The number of nitrogens with zero attached hydrogens (tertiary/aromatic N) is 2. The van der Waals surface area contributed by atoms with Gasteiger partial charge in [0.1, 0.15) is 10.6 Å². The lowest BCUT2D eigenvalue weighted by Gasteiger charge is -2.09. The highest BCUT2D eigenvalue weighted by Gasteiger charge is 2.17. The Morgan fingerprint density at radius 3 is 2.77 bits per heavy atom. The molecule has 0 aliphatic carbocycles. The molecule has 0 saturated heterocycles. The topological polar surface area (TPSA) is 93.2 Å². The van der Waals surface area contributed by atoms with Crippen molar-refractivity contribution in [1.82, 2.24) is 15.3 Å². The third-order valence-corrected chi connectivity index (χ3v) is 5.70. The largest absolute Gasteiger partial charge is 0.437 e. The highest BCUT2D eigenvalue weighted by atomic mass is 35.5. The third kappa shape index (κ3) is 4.56. The molecule has 0 bridgehead atoms. The van der Waals surface area contributed by atoms with Crippen molar-refractivity contribution in [1.29, 1.82) is 0 Å². The fourth-order valence-electron chi connectivity index (χ4n) is 2.70. The molecule has 0 aliphatic rings. The molecule has 150 valence electrons. The van der Waals surface area contributed by atoms with E-state index in [1.807, 2.05) is 24.3 Å². The number of hydrogen-bond donors (Lipinski definition) is 2. The number of amides is 2. The minimum Gasteiger partial charge on any atom is -0.437 e. The van der Waals surface area contributed by atoms with Gasteiger partial charge in [-0.25, -0.2) is 4.98 Å². The van der Waals surface area contributed by atoms with Crippen LogP contribution < -0.4 is 15.4 Å². The second kappa shape index (κ2) is 8.89. The van der Waals surface area contributed by atoms with Gasteiger partial charge in [0, 0.05) is 34.2 Å². The maximum Gasteiger partial charge on any atom is 0.263 e. The van der Waals surface area contributed by atoms with E-state index in [4.69, 9.17) is 16.3 Å². The summed E-state index contributed by atoms with van der Waals surface area (Å²) < 4.78 is 6.50. The Morgan fingerprint density at radius 2 is 1.97 bits per heavy atom. The molecule has 0 radical (unpaired) electrons. The molecule has 30 heavy (non-hydrogen) atoms. The Morgan fingerprint density at radius 1 is 1.10 bits per heavy atom. The van der Waals surface area contributed by atoms with E-state index in [0.29, 0.717) is 27.2 Å². The van der Waals surface area contributed by atoms with Crippen LogP contribution in [0.15, 0.2) is 67.1 Å². The number of carbonyl (C=O) groups is 2. The number of halogens is 1. The van der Waals surface area contributed by atoms with Crippen molar-refractivity contribution in [2.75, 3.05) is 11.9 Å². The van der Waals surface area contributed by atoms with E-state index in [9.17, 15) is 9.59 Å². The van der Waals surface area contributed by atoms with Crippen LogP contribution in [0.1, 0.15) is 9.67 Å². The van der Waals surface area contributed by atoms with Gasteiger partial charge in [-0.1, -0.05) is 35.9 Å². The Hall–Kier alpha value is -3.49. The molecule has 2 heterocycles. The first-order chi connectivity index (χ1) is 14.6. The number of carbonyl (C=O) groups excluding carboxylic acids is 2. The van der Waals surface area contributed by atoms with Gasteiger partial charge in [-0.15, -0.1) is 11.3 Å². The van der Waals surface area contributed by atoms with Gasteiger partial charge in [0.05, 0.1) is 17.8 Å². The summed E-state index contributed by atoms with van der Waals surface area (Å²) in [4.78, 5) is 33.1. The highest BCUT2D eigenvalue weighted by Crippen LogP contribution is 2.34. The molecule has 7 nitrogen and oxygen atoms in total. The highest BCUT2D eigenvalue weighted by molar-refractivity contribution is 7.21. The number of hydrogen-bond acceptors (Lipinski definition) is 6. The third-order valence-electron chi connectivity index (χ3n) is 4.03. The van der Waals surface area contributed by atoms with E-state index in [2.05, 4.69) is 20.6 Å². The van der Waals surface area contributed by atoms with Crippen LogP contribution in [-0.4, -0.2) is 28.3 Å². The SMILES string of the molecule is O=C(CNC(=O)c1sc2ccccc2c1Cl)Nc1cccc(Oc2cnccn2)c1. The van der Waals surface area contributed by atoms with Crippen molar-refractivity contribution < 1.29 is 14.3 Å². The summed E-state index contributed by atoms with van der Waals surface area (Å²) in [5.74, 6) is 0.0659. The maximum atomic E-state index is 12.5. The van der Waals surface area contributed by atoms with Crippen molar-refractivity contribution in [2.24, 2.45) is 0 Å². The molecular weight excluding hydrogens is 424 g/mol. The van der Waals surface area contributed by atoms with Crippen LogP contribution in [0.2, 0.25) is 5.02 Å². The number of thiophene rings is 1. The van der Waals surface area contributed by atoms with Gasteiger partial charge in [0.15, 0.2) is 0 Å². The van der Waals surface area contributed by atoms with Gasteiger partial charge in [0.25, 0.3) is 5.91 Å². The smallest absolute Gasteiger partial charge is 0.263 e. The summed E-state index contributed by atoms with van der Waals surface area (Å²) in [5, 5.41) is 6.53.